The molecule has 132 valence electrons. The molecule has 0 bridgehead atoms. The van der Waals surface area contributed by atoms with E-state index in [-0.39, 0.29) is 18.0 Å². The Bertz CT molecular complexity index is 976. The molecule has 0 spiro atoms. The Kier molecular flexibility index (Phi) is 4.48. The highest BCUT2D eigenvalue weighted by atomic mass is 16.2. The van der Waals surface area contributed by atoms with Gasteiger partial charge in [0.05, 0.1) is 17.2 Å². The number of rotatable bonds is 3. The molecule has 6 heteroatoms. The summed E-state index contributed by atoms with van der Waals surface area (Å²) in [5.41, 5.74) is 1.76. The molecule has 0 saturated carbocycles. The summed E-state index contributed by atoms with van der Waals surface area (Å²) in [4.78, 5) is 35.3. The normalized spacial score (nSPS) is 15.3. The monoisotopic (exact) mass is 348 g/mol. The zero-order valence-electron chi connectivity index (χ0n) is 14.4. The van der Waals surface area contributed by atoms with E-state index in [2.05, 4.69) is 9.97 Å². The molecule has 0 aliphatic carbocycles. The van der Waals surface area contributed by atoms with Crippen molar-refractivity contribution in [3.63, 3.8) is 0 Å². The quantitative estimate of drug-likeness (QED) is 0.728. The minimum Gasteiger partial charge on any atom is -0.341 e. The predicted molar refractivity (Wildman–Crippen MR) is 98.8 cm³/mol. The van der Waals surface area contributed by atoms with Crippen molar-refractivity contribution in [3.8, 4) is 0 Å². The van der Waals surface area contributed by atoms with Gasteiger partial charge in [-0.2, -0.15) is 0 Å². The fourth-order valence-electron chi connectivity index (χ4n) is 3.56. The number of piperidine rings is 1. The second-order valence-electron chi connectivity index (χ2n) is 6.63. The van der Waals surface area contributed by atoms with E-state index in [0.717, 1.165) is 12.8 Å². The van der Waals surface area contributed by atoms with Gasteiger partial charge in [0, 0.05) is 25.5 Å². The van der Waals surface area contributed by atoms with Gasteiger partial charge in [0.15, 0.2) is 0 Å². The summed E-state index contributed by atoms with van der Waals surface area (Å²) in [5, 5.41) is 0.541. The van der Waals surface area contributed by atoms with Gasteiger partial charge >= 0.3 is 0 Å². The largest absolute Gasteiger partial charge is 0.341 e. The lowest BCUT2D eigenvalue weighted by molar-refractivity contribution is -0.132. The average molecular weight is 348 g/mol. The first-order valence-corrected chi connectivity index (χ1v) is 8.84. The van der Waals surface area contributed by atoms with Crippen LogP contribution in [0.1, 0.15) is 24.3 Å². The first-order chi connectivity index (χ1) is 12.7. The van der Waals surface area contributed by atoms with Gasteiger partial charge in [-0.15, -0.1) is 0 Å². The van der Waals surface area contributed by atoms with Crippen LogP contribution in [0.15, 0.2) is 59.9 Å². The number of pyridine rings is 1. The smallest absolute Gasteiger partial charge is 0.261 e. The Hall–Kier alpha value is -3.02. The van der Waals surface area contributed by atoms with E-state index < -0.39 is 0 Å². The van der Waals surface area contributed by atoms with Crippen LogP contribution >= 0.6 is 0 Å². The molecular formula is C20H20N4O2. The number of nitrogens with zero attached hydrogens (tertiary/aromatic N) is 4. The van der Waals surface area contributed by atoms with Crippen molar-refractivity contribution in [2.75, 3.05) is 13.1 Å². The molecule has 0 unspecified atom stereocenters. The maximum atomic E-state index is 12.6. The number of para-hydroxylation sites is 1. The molecule has 1 saturated heterocycles. The molecule has 3 aromatic rings. The Morgan fingerprint density at radius 2 is 1.81 bits per heavy atom. The third-order valence-corrected chi connectivity index (χ3v) is 5.06. The van der Waals surface area contributed by atoms with Crippen molar-refractivity contribution in [3.05, 3.63) is 71.0 Å². The van der Waals surface area contributed by atoms with E-state index in [9.17, 15) is 9.59 Å². The van der Waals surface area contributed by atoms with Crippen molar-refractivity contribution in [1.29, 1.82) is 0 Å². The van der Waals surface area contributed by atoms with Gasteiger partial charge < -0.3 is 4.90 Å². The van der Waals surface area contributed by atoms with Crippen LogP contribution in [0.5, 0.6) is 0 Å². The highest BCUT2D eigenvalue weighted by molar-refractivity contribution is 5.79. The van der Waals surface area contributed by atoms with Crippen LogP contribution in [0.3, 0.4) is 0 Å². The second-order valence-corrected chi connectivity index (χ2v) is 6.63. The molecular weight excluding hydrogens is 328 g/mol. The van der Waals surface area contributed by atoms with Crippen molar-refractivity contribution < 1.29 is 4.79 Å². The van der Waals surface area contributed by atoms with E-state index in [0.29, 0.717) is 29.9 Å². The fraction of sp³-hybridized carbons (Fsp3) is 0.300. The first kappa shape index (κ1) is 16.4. The van der Waals surface area contributed by atoms with E-state index in [1.807, 2.05) is 35.5 Å². The van der Waals surface area contributed by atoms with E-state index in [4.69, 9.17) is 0 Å². The second kappa shape index (κ2) is 7.07. The van der Waals surface area contributed by atoms with E-state index >= 15 is 0 Å². The summed E-state index contributed by atoms with van der Waals surface area (Å²) in [6, 6.07) is 11.3. The summed E-state index contributed by atoms with van der Waals surface area (Å²) < 4.78 is 1.40. The van der Waals surface area contributed by atoms with Crippen molar-refractivity contribution in [2.45, 2.75) is 25.3 Å². The summed E-state index contributed by atoms with van der Waals surface area (Å²) in [7, 11) is 0. The van der Waals surface area contributed by atoms with Gasteiger partial charge in [0.2, 0.25) is 5.91 Å². The number of hydrogen-bond acceptors (Lipinski definition) is 4. The molecule has 1 aromatic carbocycles. The number of amides is 1. The van der Waals surface area contributed by atoms with Gasteiger partial charge in [-0.05, 0) is 48.6 Å². The number of aromatic nitrogens is 3. The van der Waals surface area contributed by atoms with Gasteiger partial charge in [-0.25, -0.2) is 4.98 Å². The lowest BCUT2D eigenvalue weighted by Gasteiger charge is -2.32. The molecule has 2 aromatic heterocycles. The molecule has 6 nitrogen and oxygen atoms in total. The zero-order chi connectivity index (χ0) is 17.9. The average Bonchev–Trinajstić information content (AvgIpc) is 2.71. The third kappa shape index (κ3) is 3.22. The minimum absolute atomic E-state index is 0.0302. The molecule has 0 radical (unpaired) electrons. The SMILES string of the molecule is O=C(Cn1cnc2ccccc2c1=O)N1CCC(c2ccncc2)CC1. The van der Waals surface area contributed by atoms with Gasteiger partial charge in [0.25, 0.3) is 5.56 Å². The molecule has 1 fully saturated rings. The molecule has 1 amide bonds. The Labute approximate surface area is 151 Å². The molecule has 3 heterocycles. The van der Waals surface area contributed by atoms with Crippen LogP contribution in [0.25, 0.3) is 10.9 Å². The summed E-state index contributed by atoms with van der Waals surface area (Å²) >= 11 is 0. The maximum absolute atomic E-state index is 12.6. The Morgan fingerprint density at radius 1 is 1.08 bits per heavy atom. The number of hydrogen-bond donors (Lipinski definition) is 0. The van der Waals surface area contributed by atoms with Crippen LogP contribution in [0, 0.1) is 0 Å². The molecule has 4 rings (SSSR count). The van der Waals surface area contributed by atoms with Crippen LogP contribution < -0.4 is 5.56 Å². The fourth-order valence-corrected chi connectivity index (χ4v) is 3.56. The Balaban J connectivity index is 1.43. The van der Waals surface area contributed by atoms with Crippen molar-refractivity contribution in [2.24, 2.45) is 0 Å². The number of fused-ring (bicyclic) bond motifs is 1. The number of carbonyl (C=O) groups excluding carboxylic acids is 1. The highest BCUT2D eigenvalue weighted by Gasteiger charge is 2.24. The lowest BCUT2D eigenvalue weighted by atomic mass is 9.90. The van der Waals surface area contributed by atoms with Crippen LogP contribution in [0.4, 0.5) is 0 Å². The molecule has 1 aliphatic heterocycles. The van der Waals surface area contributed by atoms with Crippen molar-refractivity contribution >= 4 is 16.8 Å². The van der Waals surface area contributed by atoms with Gasteiger partial charge in [-0.3, -0.25) is 19.1 Å². The number of benzene rings is 1. The van der Waals surface area contributed by atoms with Crippen LogP contribution in [0.2, 0.25) is 0 Å². The van der Waals surface area contributed by atoms with Crippen LogP contribution in [-0.4, -0.2) is 38.4 Å². The number of likely N-dealkylation sites (tertiary alicyclic amines) is 1. The standard InChI is InChI=1S/C20H20N4O2/c25-19(13-24-14-22-18-4-2-1-3-17(18)20(24)26)23-11-7-16(8-12-23)15-5-9-21-10-6-15/h1-6,9-10,14,16H,7-8,11-13H2. The Morgan fingerprint density at radius 3 is 2.58 bits per heavy atom. The van der Waals surface area contributed by atoms with Crippen LogP contribution in [-0.2, 0) is 11.3 Å². The molecule has 0 atom stereocenters. The third-order valence-electron chi connectivity index (χ3n) is 5.06. The minimum atomic E-state index is -0.171. The summed E-state index contributed by atoms with van der Waals surface area (Å²) in [6.45, 7) is 1.46. The summed E-state index contributed by atoms with van der Waals surface area (Å²) in [6.07, 6.45) is 6.95. The van der Waals surface area contributed by atoms with E-state index in [1.54, 1.807) is 18.2 Å². The van der Waals surface area contributed by atoms with Gasteiger partial charge in [-0.1, -0.05) is 12.1 Å². The zero-order valence-corrected chi connectivity index (χ0v) is 14.4. The van der Waals surface area contributed by atoms with Gasteiger partial charge in [0.1, 0.15) is 6.54 Å². The van der Waals surface area contributed by atoms with Crippen molar-refractivity contribution in [1.82, 2.24) is 19.4 Å². The first-order valence-electron chi connectivity index (χ1n) is 8.84. The molecule has 26 heavy (non-hydrogen) atoms. The summed E-state index contributed by atoms with van der Waals surface area (Å²) in [5.74, 6) is 0.435. The lowest BCUT2D eigenvalue weighted by Crippen LogP contribution is -2.41. The van der Waals surface area contributed by atoms with E-state index in [1.165, 1.54) is 16.5 Å². The maximum Gasteiger partial charge on any atom is 0.261 e. The topological polar surface area (TPSA) is 68.1 Å². The predicted octanol–water partition coefficient (Wildman–Crippen LogP) is 2.20. The number of carbonyl (C=O) groups is 1. The molecule has 0 N–H and O–H groups in total. The molecule has 1 aliphatic rings. The highest BCUT2D eigenvalue weighted by Crippen LogP contribution is 2.27.